The number of rotatable bonds is 7. The number of aldehydes is 1. The molecule has 5 heteroatoms. The van der Waals surface area contributed by atoms with Gasteiger partial charge < -0.3 is 14.2 Å². The molecule has 0 saturated heterocycles. The van der Waals surface area contributed by atoms with Crippen LogP contribution in [-0.2, 0) is 13.9 Å². The molecule has 0 rings (SSSR count). The molecule has 2 atom stereocenters. The van der Waals surface area contributed by atoms with Gasteiger partial charge in [-0.2, -0.15) is 0 Å². The lowest BCUT2D eigenvalue weighted by atomic mass is 10.3. The van der Waals surface area contributed by atoms with Crippen LogP contribution in [0.4, 0.5) is 0 Å². The van der Waals surface area contributed by atoms with Gasteiger partial charge in [-0.25, -0.2) is 0 Å². The zero-order valence-corrected chi connectivity index (χ0v) is 9.00. The number of unbranched alkanes of at least 4 members (excludes halogenated alkanes) is 1. The van der Waals surface area contributed by atoms with Crippen LogP contribution in [0.15, 0.2) is 0 Å². The molecule has 13 heavy (non-hydrogen) atoms. The molecule has 4 nitrogen and oxygen atoms in total. The molecule has 0 bridgehead atoms. The van der Waals surface area contributed by atoms with E-state index in [-0.39, 0.29) is 12.3 Å². The van der Waals surface area contributed by atoms with E-state index < -0.39 is 7.60 Å². The highest BCUT2D eigenvalue weighted by atomic mass is 31.2. The SMILES string of the molecule is CCC(C)OP(=O)(O)CCCC=O. The van der Waals surface area contributed by atoms with Gasteiger partial charge in [-0.3, -0.25) is 4.57 Å². The van der Waals surface area contributed by atoms with E-state index in [1.165, 1.54) is 0 Å². The second-order valence-electron chi connectivity index (χ2n) is 2.99. The van der Waals surface area contributed by atoms with Crippen molar-refractivity contribution in [1.82, 2.24) is 0 Å². The van der Waals surface area contributed by atoms with Gasteiger partial charge >= 0.3 is 7.60 Å². The Kier molecular flexibility index (Phi) is 6.21. The van der Waals surface area contributed by atoms with E-state index in [2.05, 4.69) is 0 Å². The molecule has 0 fully saturated rings. The maximum Gasteiger partial charge on any atom is 0.328 e. The largest absolute Gasteiger partial charge is 0.328 e. The first-order valence-corrected chi connectivity index (χ1v) is 6.22. The Balaban J connectivity index is 3.79. The van der Waals surface area contributed by atoms with E-state index in [9.17, 15) is 14.3 Å². The molecule has 0 saturated carbocycles. The maximum atomic E-state index is 11.3. The Hall–Kier alpha value is -0.180. The smallest absolute Gasteiger partial charge is 0.324 e. The molecule has 0 aliphatic heterocycles. The molecule has 0 spiro atoms. The molecule has 1 N–H and O–H groups in total. The predicted octanol–water partition coefficient (Wildman–Crippen LogP) is 1.97. The molecule has 0 aliphatic carbocycles. The molecule has 78 valence electrons. The first kappa shape index (κ1) is 12.8. The molecule has 0 amide bonds. The highest BCUT2D eigenvalue weighted by molar-refractivity contribution is 7.52. The van der Waals surface area contributed by atoms with Crippen LogP contribution in [0.25, 0.3) is 0 Å². The van der Waals surface area contributed by atoms with Gasteiger partial charge in [-0.1, -0.05) is 6.92 Å². The van der Waals surface area contributed by atoms with Crippen molar-refractivity contribution in [2.75, 3.05) is 6.16 Å². The number of hydrogen-bond acceptors (Lipinski definition) is 3. The third-order valence-electron chi connectivity index (χ3n) is 1.68. The summed E-state index contributed by atoms with van der Waals surface area (Å²) in [6, 6.07) is 0. The van der Waals surface area contributed by atoms with E-state index in [1.54, 1.807) is 6.92 Å². The molecule has 0 radical (unpaired) electrons. The minimum Gasteiger partial charge on any atom is -0.324 e. The van der Waals surface area contributed by atoms with E-state index in [4.69, 9.17) is 4.52 Å². The minimum atomic E-state index is -3.45. The van der Waals surface area contributed by atoms with E-state index in [1.807, 2.05) is 6.92 Å². The Morgan fingerprint density at radius 1 is 1.62 bits per heavy atom. The third kappa shape index (κ3) is 6.94. The van der Waals surface area contributed by atoms with Gasteiger partial charge in [-0.15, -0.1) is 0 Å². The van der Waals surface area contributed by atoms with Crippen LogP contribution in [0.2, 0.25) is 0 Å². The zero-order valence-electron chi connectivity index (χ0n) is 8.10. The van der Waals surface area contributed by atoms with Crippen LogP contribution in [0.3, 0.4) is 0 Å². The summed E-state index contributed by atoms with van der Waals surface area (Å²) >= 11 is 0. The zero-order chi connectivity index (χ0) is 10.3. The lowest BCUT2D eigenvalue weighted by molar-refractivity contribution is -0.107. The lowest BCUT2D eigenvalue weighted by Gasteiger charge is -2.15. The Bertz CT molecular complexity index is 193. The van der Waals surface area contributed by atoms with Gasteiger partial charge in [0.05, 0.1) is 12.3 Å². The molecule has 2 unspecified atom stereocenters. The number of hydrogen-bond donors (Lipinski definition) is 1. The van der Waals surface area contributed by atoms with Crippen LogP contribution in [0, 0.1) is 0 Å². The third-order valence-corrected chi connectivity index (χ3v) is 3.25. The fourth-order valence-corrected chi connectivity index (χ4v) is 2.18. The van der Waals surface area contributed by atoms with Gasteiger partial charge in [0.2, 0.25) is 0 Å². The van der Waals surface area contributed by atoms with E-state index in [0.717, 1.165) is 6.29 Å². The van der Waals surface area contributed by atoms with Gasteiger partial charge in [0.1, 0.15) is 6.29 Å². The molecule has 0 aliphatic rings. The second kappa shape index (κ2) is 6.30. The Morgan fingerprint density at radius 3 is 2.69 bits per heavy atom. The average molecular weight is 208 g/mol. The fourth-order valence-electron chi connectivity index (χ4n) is 0.783. The quantitative estimate of drug-likeness (QED) is 0.394. The van der Waals surface area contributed by atoms with Gasteiger partial charge in [0.15, 0.2) is 0 Å². The maximum absolute atomic E-state index is 11.3. The monoisotopic (exact) mass is 208 g/mol. The summed E-state index contributed by atoms with van der Waals surface area (Å²) in [5.74, 6) is 0. The van der Waals surface area contributed by atoms with Crippen LogP contribution in [0.5, 0.6) is 0 Å². The van der Waals surface area contributed by atoms with Crippen molar-refractivity contribution in [3.63, 3.8) is 0 Å². The summed E-state index contributed by atoms with van der Waals surface area (Å²) in [5.41, 5.74) is 0. The molecule has 0 aromatic heterocycles. The van der Waals surface area contributed by atoms with Crippen molar-refractivity contribution < 1.29 is 18.8 Å². The summed E-state index contributed by atoms with van der Waals surface area (Å²) < 4.78 is 16.2. The minimum absolute atomic E-state index is 0.0656. The summed E-state index contributed by atoms with van der Waals surface area (Å²) in [5, 5.41) is 0. The van der Waals surface area contributed by atoms with Crippen LogP contribution >= 0.6 is 7.60 Å². The van der Waals surface area contributed by atoms with Crippen molar-refractivity contribution in [1.29, 1.82) is 0 Å². The van der Waals surface area contributed by atoms with Crippen molar-refractivity contribution in [2.24, 2.45) is 0 Å². The van der Waals surface area contributed by atoms with Crippen LogP contribution in [-0.4, -0.2) is 23.4 Å². The van der Waals surface area contributed by atoms with Crippen molar-refractivity contribution in [2.45, 2.75) is 39.2 Å². The number of carbonyl (C=O) groups is 1. The summed E-state index contributed by atoms with van der Waals surface area (Å²) in [7, 11) is -3.45. The Morgan fingerprint density at radius 2 is 2.23 bits per heavy atom. The fraction of sp³-hybridized carbons (Fsp3) is 0.875. The first-order valence-electron chi connectivity index (χ1n) is 4.45. The van der Waals surface area contributed by atoms with Crippen molar-refractivity contribution in [3.8, 4) is 0 Å². The first-order chi connectivity index (χ1) is 6.02. The summed E-state index contributed by atoms with van der Waals surface area (Å²) in [6.07, 6.45) is 2.03. The predicted molar refractivity (Wildman–Crippen MR) is 50.8 cm³/mol. The Labute approximate surface area is 78.8 Å². The van der Waals surface area contributed by atoms with Crippen molar-refractivity contribution >= 4 is 13.9 Å². The normalized spacial score (nSPS) is 17.8. The molecule has 0 heterocycles. The molecular formula is C8H17O4P. The molecule has 0 aromatic rings. The topological polar surface area (TPSA) is 63.6 Å². The molecular weight excluding hydrogens is 191 g/mol. The summed E-state index contributed by atoms with van der Waals surface area (Å²) in [4.78, 5) is 19.2. The standard InChI is InChI=1S/C8H17O4P/c1-3-8(2)12-13(10,11)7-5-4-6-9/h6,8H,3-5,7H2,1-2H3,(H,10,11). The lowest BCUT2D eigenvalue weighted by Crippen LogP contribution is -2.06. The van der Waals surface area contributed by atoms with Gasteiger partial charge in [0.25, 0.3) is 0 Å². The van der Waals surface area contributed by atoms with Gasteiger partial charge in [0, 0.05) is 6.42 Å². The average Bonchev–Trinajstić information content (AvgIpc) is 2.03. The molecule has 0 aromatic carbocycles. The second-order valence-corrected chi connectivity index (χ2v) is 4.93. The van der Waals surface area contributed by atoms with E-state index in [0.29, 0.717) is 19.3 Å². The van der Waals surface area contributed by atoms with Gasteiger partial charge in [-0.05, 0) is 19.8 Å². The van der Waals surface area contributed by atoms with E-state index >= 15 is 0 Å². The van der Waals surface area contributed by atoms with Crippen LogP contribution < -0.4 is 0 Å². The highest BCUT2D eigenvalue weighted by Crippen LogP contribution is 2.44. The van der Waals surface area contributed by atoms with Crippen LogP contribution in [0.1, 0.15) is 33.1 Å². The summed E-state index contributed by atoms with van der Waals surface area (Å²) in [6.45, 7) is 3.64. The van der Waals surface area contributed by atoms with Crippen molar-refractivity contribution in [3.05, 3.63) is 0 Å². The highest BCUT2D eigenvalue weighted by Gasteiger charge is 2.20. The number of carbonyl (C=O) groups excluding carboxylic acids is 1.